The van der Waals surface area contributed by atoms with Gasteiger partial charge in [0.1, 0.15) is 19.6 Å². The maximum atomic E-state index is 5.56. The van der Waals surface area contributed by atoms with Gasteiger partial charge in [0.2, 0.25) is 0 Å². The van der Waals surface area contributed by atoms with Crippen LogP contribution in [0, 0.1) is 43.3 Å². The van der Waals surface area contributed by atoms with E-state index in [4.69, 9.17) is 42.9 Å². The Morgan fingerprint density at radius 1 is 0.270 bits per heavy atom. The fourth-order valence-corrected chi connectivity index (χ4v) is 5.42. The largest absolute Gasteiger partial charge is 0.416 e. The second kappa shape index (κ2) is 90.5. The van der Waals surface area contributed by atoms with Gasteiger partial charge in [-0.05, 0) is 252 Å². The molecule has 126 heavy (non-hydrogen) atoms. The first-order valence-corrected chi connectivity index (χ1v) is 49.2. The van der Waals surface area contributed by atoms with Crippen LogP contribution in [0.2, 0.25) is 0 Å². The lowest BCUT2D eigenvalue weighted by molar-refractivity contribution is -0.0524. The molecule has 0 aromatic carbocycles. The van der Waals surface area contributed by atoms with E-state index in [-0.39, 0.29) is 93.6 Å². The SMILES string of the molecule is CC.CC.CC.CC.CC.CC.CC.CC.CC.CC(C)(C)/C=C\NOC(C)(C)C.CC(C)(C)/C=C\ONC(C)(C)C.CC(C)(C)/C=N\OCC(C)(C)C.CC(C)(C)C=NCOC(C)(C)C.CC(C)(C)CNCOC(C)(C)C.CC(C)(C)COCNC(C)(C)C.CC(C)(C)COCNC(C)(C)C.CC(C)(C)NCCOC(C)(C)C.CC(C)(C)NCCOC(C)(C)C. The molecule has 0 bridgehead atoms. The Kier molecular flexibility index (Phi) is 120. The van der Waals surface area contributed by atoms with Gasteiger partial charge in [-0.3, -0.25) is 31.3 Å². The van der Waals surface area contributed by atoms with Crippen molar-refractivity contribution in [3.63, 3.8) is 0 Å². The Morgan fingerprint density at radius 3 is 0.778 bits per heavy atom. The molecular formula is C108H253N9O9. The third-order valence-electron chi connectivity index (χ3n) is 10.4. The van der Waals surface area contributed by atoms with E-state index in [2.05, 4.69) is 386 Å². The van der Waals surface area contributed by atoms with Crippen molar-refractivity contribution in [2.75, 3.05) is 79.6 Å². The van der Waals surface area contributed by atoms with Gasteiger partial charge in [-0.15, -0.1) is 0 Å². The molecule has 0 aromatic rings. The van der Waals surface area contributed by atoms with E-state index < -0.39 is 0 Å². The molecule has 0 aliphatic heterocycles. The van der Waals surface area contributed by atoms with Crippen LogP contribution in [0.15, 0.2) is 34.8 Å². The maximum absolute atomic E-state index is 5.56. The molecule has 0 amide bonds. The zero-order chi connectivity index (χ0) is 106. The van der Waals surface area contributed by atoms with Crippen molar-refractivity contribution in [1.29, 1.82) is 0 Å². The predicted octanol–water partition coefficient (Wildman–Crippen LogP) is 32.5. The highest BCUT2D eigenvalue weighted by molar-refractivity contribution is 5.63. The lowest BCUT2D eigenvalue weighted by atomic mass is 9.97. The molecule has 0 radical (unpaired) electrons. The molecule has 18 heteroatoms. The van der Waals surface area contributed by atoms with Crippen molar-refractivity contribution >= 4 is 12.4 Å². The van der Waals surface area contributed by atoms with Crippen molar-refractivity contribution in [2.45, 2.75) is 554 Å². The first-order chi connectivity index (χ1) is 55.9. The number of rotatable bonds is 23. The predicted molar refractivity (Wildman–Crippen MR) is 581 cm³/mol. The monoisotopic (exact) mass is 1820 g/mol. The van der Waals surface area contributed by atoms with Gasteiger partial charge >= 0.3 is 0 Å². The number of oxime groups is 1. The molecule has 0 spiro atoms. The van der Waals surface area contributed by atoms with E-state index >= 15 is 0 Å². The Bertz CT molecular complexity index is 1760. The third kappa shape index (κ3) is 286. The van der Waals surface area contributed by atoms with Crippen LogP contribution < -0.4 is 37.5 Å². The summed E-state index contributed by atoms with van der Waals surface area (Å²) in [6.45, 7) is 159. The molecular weight excluding hydrogens is 1570 g/mol. The summed E-state index contributed by atoms with van der Waals surface area (Å²) in [5.74, 6) is 0. The van der Waals surface area contributed by atoms with Crippen molar-refractivity contribution < 1.29 is 42.9 Å². The molecule has 7 N–H and O–H groups in total. The molecule has 0 rings (SSSR count). The summed E-state index contributed by atoms with van der Waals surface area (Å²) in [6, 6.07) is 0. The fourth-order valence-electron chi connectivity index (χ4n) is 5.42. The van der Waals surface area contributed by atoms with Gasteiger partial charge in [0.05, 0.1) is 74.6 Å². The van der Waals surface area contributed by atoms with Crippen molar-refractivity contribution in [2.24, 2.45) is 53.5 Å². The number of allylic oxidation sites excluding steroid dienone is 2. The van der Waals surface area contributed by atoms with Gasteiger partial charge < -0.3 is 48.7 Å². The normalized spacial score (nSPS) is 12.2. The summed E-state index contributed by atoms with van der Waals surface area (Å²) in [5, 5.41) is 20.4. The van der Waals surface area contributed by atoms with Crippen LogP contribution in [0.1, 0.15) is 499 Å². The van der Waals surface area contributed by atoms with E-state index in [0.29, 0.717) is 38.9 Å². The number of hydrogen-bond donors (Lipinski definition) is 7. The summed E-state index contributed by atoms with van der Waals surface area (Å²) in [6.07, 6.45) is 11.4. The smallest absolute Gasteiger partial charge is 0.137 e. The highest BCUT2D eigenvalue weighted by Gasteiger charge is 2.19. The summed E-state index contributed by atoms with van der Waals surface area (Å²) in [5.41, 5.74) is 7.81. The number of nitrogens with zero attached hydrogens (tertiary/aromatic N) is 2. The summed E-state index contributed by atoms with van der Waals surface area (Å²) in [7, 11) is 0. The number of hydrogen-bond acceptors (Lipinski definition) is 18. The number of aliphatic imine (C=N–C) groups is 1. The minimum Gasteiger partial charge on any atom is -0.416 e. The molecule has 0 aliphatic rings. The van der Waals surface area contributed by atoms with Crippen LogP contribution in [0.3, 0.4) is 0 Å². The minimum atomic E-state index is -0.137. The quantitative estimate of drug-likeness (QED) is 0.0168. The van der Waals surface area contributed by atoms with Gasteiger partial charge in [-0.1, -0.05) is 302 Å². The molecule has 0 aliphatic carbocycles. The zero-order valence-corrected chi connectivity index (χ0v) is 101. The van der Waals surface area contributed by atoms with Crippen LogP contribution >= 0.6 is 0 Å². The first-order valence-electron chi connectivity index (χ1n) is 49.2. The van der Waals surface area contributed by atoms with Crippen LogP contribution in [0.25, 0.3) is 0 Å². The fraction of sp³-hybridized carbons (Fsp3) is 0.944. The summed E-state index contributed by atoms with van der Waals surface area (Å²) in [4.78, 5) is 19.8. The number of nitrogens with one attached hydrogen (secondary N) is 7. The Morgan fingerprint density at radius 2 is 0.556 bits per heavy atom. The van der Waals surface area contributed by atoms with Crippen LogP contribution in [0.5, 0.6) is 0 Å². The third-order valence-corrected chi connectivity index (χ3v) is 10.4. The van der Waals surface area contributed by atoms with Gasteiger partial charge in [0, 0.05) is 71.4 Å². The van der Waals surface area contributed by atoms with E-state index in [0.717, 1.165) is 46.1 Å². The summed E-state index contributed by atoms with van der Waals surface area (Å²) < 4.78 is 33.0. The molecule has 0 atom stereocenters. The van der Waals surface area contributed by atoms with Crippen molar-refractivity contribution in [3.05, 3.63) is 24.6 Å². The van der Waals surface area contributed by atoms with E-state index in [1.54, 1.807) is 6.26 Å². The highest BCUT2D eigenvalue weighted by atomic mass is 16.7. The molecule has 0 heterocycles. The van der Waals surface area contributed by atoms with Crippen molar-refractivity contribution in [3.8, 4) is 0 Å². The van der Waals surface area contributed by atoms with Gasteiger partial charge in [-0.2, -0.15) is 5.48 Å². The van der Waals surface area contributed by atoms with E-state index in [1.807, 2.05) is 191 Å². The van der Waals surface area contributed by atoms with Gasteiger partial charge in [0.15, 0.2) is 0 Å². The Hall–Kier alpha value is -2.30. The topological polar surface area (TPSA) is 192 Å². The van der Waals surface area contributed by atoms with Crippen LogP contribution in [0.4, 0.5) is 0 Å². The van der Waals surface area contributed by atoms with E-state index in [1.165, 1.54) is 0 Å². The Balaban J connectivity index is -0.0000000635. The maximum Gasteiger partial charge on any atom is 0.137 e. The lowest BCUT2D eigenvalue weighted by Gasteiger charge is -2.23. The summed E-state index contributed by atoms with van der Waals surface area (Å²) >= 11 is 0. The zero-order valence-electron chi connectivity index (χ0n) is 101. The molecule has 0 fully saturated rings. The van der Waals surface area contributed by atoms with Gasteiger partial charge in [0.25, 0.3) is 0 Å². The van der Waals surface area contributed by atoms with Crippen LogP contribution in [-0.4, -0.2) is 148 Å². The highest BCUT2D eigenvalue weighted by Crippen LogP contribution is 2.19. The Labute approximate surface area is 800 Å². The molecule has 0 saturated heterocycles. The average molecular weight is 1820 g/mol. The second-order valence-corrected chi connectivity index (χ2v) is 47.3. The standard InChI is InChI=1S/3C10H23NO.2C10H21NO.2C10H23NO.2C10H21NO.9C2H6/c2*1-9(2,3)7-12-8-11-10(4,5)6;2*1-9(2,3)7-11-8-12-10(4,5)6;1-9(2,3)7-11-12-8-10(4,5)6;2*1-9(2,3)11-7-8-12-10(4,5)6;1-9(2,3)7-8-12-11-10(4,5)6;1-9(2,3)7-8-11-12-10(4,5)6;9*1-2/h3*11H,7-8H2,1-6H3;2*7H,8H2,1-6H3;2*11H,7-8H2,1-6H3;2*7-8,11H,1-6H3;9*1-2H3/b;;;;11-7-;;;2*8-7-;;;;;;;;;. The first kappa shape index (κ1) is 167. The molecule has 0 saturated carbocycles. The lowest BCUT2D eigenvalue weighted by Crippen LogP contribution is -2.39. The second-order valence-electron chi connectivity index (χ2n) is 47.3. The average Bonchev–Trinajstić information content (AvgIpc) is 0.990. The molecule has 0 aromatic heterocycles. The molecule has 18 nitrogen and oxygen atoms in total. The molecule has 784 valence electrons. The van der Waals surface area contributed by atoms with E-state index in [9.17, 15) is 0 Å². The van der Waals surface area contributed by atoms with Crippen LogP contribution in [-0.2, 0) is 42.9 Å². The van der Waals surface area contributed by atoms with Crippen molar-refractivity contribution in [1.82, 2.24) is 37.5 Å². The number of hydroxylamine groups is 2. The molecule has 0 unspecified atom stereocenters. The minimum absolute atomic E-state index is 0.00221. The van der Waals surface area contributed by atoms with Gasteiger partial charge in [-0.25, -0.2) is 0 Å². The number of ether oxygens (including phenoxy) is 6.